The number of carbonyl (C=O) groups is 1. The van der Waals surface area contributed by atoms with E-state index in [0.717, 1.165) is 5.69 Å². The summed E-state index contributed by atoms with van der Waals surface area (Å²) in [6, 6.07) is 9.57. The first-order valence-electron chi connectivity index (χ1n) is 9.22. The van der Waals surface area contributed by atoms with Gasteiger partial charge in [-0.05, 0) is 49.2 Å². The minimum absolute atomic E-state index is 0.0890. The van der Waals surface area contributed by atoms with Gasteiger partial charge in [0.15, 0.2) is 11.6 Å². The average molecular weight is 378 g/mol. The van der Waals surface area contributed by atoms with E-state index in [-0.39, 0.29) is 5.91 Å². The third-order valence-corrected chi connectivity index (χ3v) is 4.91. The molecule has 0 spiro atoms. The van der Waals surface area contributed by atoms with E-state index in [1.165, 1.54) is 17.4 Å². The van der Waals surface area contributed by atoms with Crippen LogP contribution in [0.5, 0.6) is 0 Å². The third kappa shape index (κ3) is 3.80. The molecular weight excluding hydrogens is 356 g/mol. The quantitative estimate of drug-likeness (QED) is 0.747. The lowest BCUT2D eigenvalue weighted by atomic mass is 10.1. The molecule has 1 aliphatic heterocycles. The van der Waals surface area contributed by atoms with Crippen LogP contribution in [0.3, 0.4) is 0 Å². The number of nitrogens with zero attached hydrogens (tertiary/aromatic N) is 5. The van der Waals surface area contributed by atoms with E-state index >= 15 is 0 Å². The second kappa shape index (κ2) is 7.67. The second-order valence-electron chi connectivity index (χ2n) is 6.82. The largest absolute Gasteiger partial charge is 0.459 e. The van der Waals surface area contributed by atoms with Crippen molar-refractivity contribution in [3.63, 3.8) is 0 Å². The molecule has 1 saturated heterocycles. The lowest BCUT2D eigenvalue weighted by Gasteiger charge is -2.34. The van der Waals surface area contributed by atoms with Crippen LogP contribution >= 0.6 is 0 Å². The van der Waals surface area contributed by atoms with Gasteiger partial charge in [-0.3, -0.25) is 4.79 Å². The van der Waals surface area contributed by atoms with E-state index < -0.39 is 0 Å². The van der Waals surface area contributed by atoms with Crippen LogP contribution in [0.15, 0.2) is 47.2 Å². The predicted octanol–water partition coefficient (Wildman–Crippen LogP) is 2.79. The summed E-state index contributed by atoms with van der Waals surface area (Å²) < 4.78 is 5.20. The molecule has 8 nitrogen and oxygen atoms in total. The predicted molar refractivity (Wildman–Crippen MR) is 106 cm³/mol. The monoisotopic (exact) mass is 378 g/mol. The normalized spacial score (nSPS) is 14.2. The van der Waals surface area contributed by atoms with Gasteiger partial charge in [-0.2, -0.15) is 10.1 Å². The highest BCUT2D eigenvalue weighted by Crippen LogP contribution is 2.20. The Kier molecular flexibility index (Phi) is 4.92. The van der Waals surface area contributed by atoms with E-state index in [4.69, 9.17) is 4.42 Å². The molecule has 1 aliphatic rings. The Morgan fingerprint density at radius 1 is 1.11 bits per heavy atom. The molecule has 8 heteroatoms. The molecule has 0 saturated carbocycles. The van der Waals surface area contributed by atoms with E-state index in [1.807, 2.05) is 11.0 Å². The third-order valence-electron chi connectivity index (χ3n) is 4.91. The molecule has 0 aliphatic carbocycles. The first-order chi connectivity index (χ1) is 13.6. The Labute approximate surface area is 163 Å². The minimum atomic E-state index is -0.0890. The molecule has 3 aromatic rings. The van der Waals surface area contributed by atoms with Crippen molar-refractivity contribution in [1.29, 1.82) is 0 Å². The van der Waals surface area contributed by atoms with Crippen molar-refractivity contribution >= 4 is 23.4 Å². The van der Waals surface area contributed by atoms with E-state index in [1.54, 1.807) is 23.2 Å². The first-order valence-corrected chi connectivity index (χ1v) is 9.22. The van der Waals surface area contributed by atoms with E-state index in [2.05, 4.69) is 46.5 Å². The first kappa shape index (κ1) is 18.0. The van der Waals surface area contributed by atoms with Gasteiger partial charge in [0.25, 0.3) is 5.91 Å². The summed E-state index contributed by atoms with van der Waals surface area (Å²) in [6.45, 7) is 6.60. The van der Waals surface area contributed by atoms with Gasteiger partial charge in [-0.1, -0.05) is 6.07 Å². The molecule has 28 heavy (non-hydrogen) atoms. The van der Waals surface area contributed by atoms with Crippen molar-refractivity contribution < 1.29 is 9.21 Å². The van der Waals surface area contributed by atoms with Crippen molar-refractivity contribution in [1.82, 2.24) is 20.1 Å². The van der Waals surface area contributed by atoms with Crippen LogP contribution in [0, 0.1) is 13.8 Å². The molecule has 2 aromatic heterocycles. The molecule has 1 aromatic carbocycles. The van der Waals surface area contributed by atoms with Crippen molar-refractivity contribution in [2.24, 2.45) is 0 Å². The fourth-order valence-electron chi connectivity index (χ4n) is 3.12. The maximum absolute atomic E-state index is 12.4. The topological polar surface area (TPSA) is 87.4 Å². The number of piperazine rings is 1. The van der Waals surface area contributed by atoms with Crippen molar-refractivity contribution in [2.75, 3.05) is 36.4 Å². The Hall–Kier alpha value is -3.42. The molecule has 144 valence electrons. The summed E-state index contributed by atoms with van der Waals surface area (Å²) in [6.07, 6.45) is 3.12. The van der Waals surface area contributed by atoms with Gasteiger partial charge in [0.2, 0.25) is 5.95 Å². The van der Waals surface area contributed by atoms with E-state index in [9.17, 15) is 4.79 Å². The maximum Gasteiger partial charge on any atom is 0.289 e. The summed E-state index contributed by atoms with van der Waals surface area (Å²) in [5.74, 6) is 1.47. The Bertz CT molecular complexity index is 965. The van der Waals surface area contributed by atoms with Crippen LogP contribution in [0.2, 0.25) is 0 Å². The molecule has 1 amide bonds. The van der Waals surface area contributed by atoms with Crippen molar-refractivity contribution in [2.45, 2.75) is 13.8 Å². The molecule has 0 radical (unpaired) electrons. The average Bonchev–Trinajstić information content (AvgIpc) is 3.25. The molecule has 0 atom stereocenters. The van der Waals surface area contributed by atoms with E-state index in [0.29, 0.717) is 43.7 Å². The maximum atomic E-state index is 12.4. The summed E-state index contributed by atoms with van der Waals surface area (Å²) in [4.78, 5) is 20.8. The number of furan rings is 1. The van der Waals surface area contributed by atoms with Gasteiger partial charge in [0, 0.05) is 31.9 Å². The van der Waals surface area contributed by atoms with Crippen LogP contribution in [0.1, 0.15) is 21.7 Å². The van der Waals surface area contributed by atoms with Crippen LogP contribution in [0.25, 0.3) is 0 Å². The lowest BCUT2D eigenvalue weighted by Crippen LogP contribution is -2.49. The number of nitrogens with one attached hydrogen (secondary N) is 1. The molecule has 1 fully saturated rings. The highest BCUT2D eigenvalue weighted by molar-refractivity contribution is 5.91. The van der Waals surface area contributed by atoms with Gasteiger partial charge >= 0.3 is 0 Å². The zero-order chi connectivity index (χ0) is 19.5. The molecule has 0 bridgehead atoms. The Morgan fingerprint density at radius 3 is 2.64 bits per heavy atom. The number of carbonyl (C=O) groups excluding carboxylic acids is 1. The number of rotatable bonds is 4. The number of benzene rings is 1. The fraction of sp³-hybridized carbons (Fsp3) is 0.300. The van der Waals surface area contributed by atoms with Gasteiger partial charge in [0.1, 0.15) is 0 Å². The summed E-state index contributed by atoms with van der Waals surface area (Å²) in [5, 5.41) is 11.5. The van der Waals surface area contributed by atoms with Crippen LogP contribution < -0.4 is 10.2 Å². The van der Waals surface area contributed by atoms with Gasteiger partial charge in [-0.25, -0.2) is 0 Å². The minimum Gasteiger partial charge on any atom is -0.459 e. The van der Waals surface area contributed by atoms with Crippen LogP contribution in [-0.2, 0) is 0 Å². The SMILES string of the molecule is Cc1ccc(Nc2cnnc(N3CCN(C(=O)c4ccco4)CC3)n2)cc1C. The van der Waals surface area contributed by atoms with Gasteiger partial charge in [-0.15, -0.1) is 5.10 Å². The van der Waals surface area contributed by atoms with Crippen LogP contribution in [-0.4, -0.2) is 52.2 Å². The molecule has 3 heterocycles. The van der Waals surface area contributed by atoms with Gasteiger partial charge in [0.05, 0.1) is 12.5 Å². The zero-order valence-electron chi connectivity index (χ0n) is 15.9. The van der Waals surface area contributed by atoms with Crippen molar-refractivity contribution in [3.05, 3.63) is 59.7 Å². The van der Waals surface area contributed by atoms with Gasteiger partial charge < -0.3 is 19.5 Å². The zero-order valence-corrected chi connectivity index (χ0v) is 15.9. The number of aromatic nitrogens is 3. The number of aryl methyl sites for hydroxylation is 2. The highest BCUT2D eigenvalue weighted by Gasteiger charge is 2.25. The molecule has 1 N–H and O–H groups in total. The summed E-state index contributed by atoms with van der Waals surface area (Å²) in [5.41, 5.74) is 3.42. The number of anilines is 3. The summed E-state index contributed by atoms with van der Waals surface area (Å²) >= 11 is 0. The second-order valence-corrected chi connectivity index (χ2v) is 6.82. The standard InChI is InChI=1S/C20H22N6O2/c1-14-5-6-16(12-15(14)2)22-18-13-21-24-20(23-18)26-9-7-25(8-10-26)19(27)17-4-3-11-28-17/h3-6,11-13H,7-10H2,1-2H3,(H,22,23,24). The Balaban J connectivity index is 1.41. The molecule has 4 rings (SSSR count). The highest BCUT2D eigenvalue weighted by atomic mass is 16.3. The fourth-order valence-corrected chi connectivity index (χ4v) is 3.12. The molecular formula is C20H22N6O2. The Morgan fingerprint density at radius 2 is 1.93 bits per heavy atom. The smallest absolute Gasteiger partial charge is 0.289 e. The number of hydrogen-bond acceptors (Lipinski definition) is 7. The molecule has 0 unspecified atom stereocenters. The lowest BCUT2D eigenvalue weighted by molar-refractivity contribution is 0.0714. The summed E-state index contributed by atoms with van der Waals surface area (Å²) in [7, 11) is 0. The number of amides is 1. The van der Waals surface area contributed by atoms with Crippen molar-refractivity contribution in [3.8, 4) is 0 Å². The number of hydrogen-bond donors (Lipinski definition) is 1. The van der Waals surface area contributed by atoms with Crippen LogP contribution in [0.4, 0.5) is 17.5 Å².